The third-order valence-electron chi connectivity index (χ3n) is 6.64. The van der Waals surface area contributed by atoms with Crippen LogP contribution in [0, 0.1) is 11.8 Å². The number of benzene rings is 1. The van der Waals surface area contributed by atoms with Gasteiger partial charge in [-0.15, -0.1) is 0 Å². The molecule has 160 valence electrons. The molecule has 2 aromatic heterocycles. The van der Waals surface area contributed by atoms with Crippen LogP contribution in [0.5, 0.6) is 0 Å². The number of nitrogens with zero attached hydrogens (tertiary/aromatic N) is 3. The van der Waals surface area contributed by atoms with Crippen LogP contribution in [-0.4, -0.2) is 31.3 Å². The van der Waals surface area contributed by atoms with Gasteiger partial charge in [-0.25, -0.2) is 4.98 Å². The van der Waals surface area contributed by atoms with Crippen LogP contribution >= 0.6 is 0 Å². The Morgan fingerprint density at radius 1 is 1.00 bits per heavy atom. The van der Waals surface area contributed by atoms with Gasteiger partial charge in [0.05, 0.1) is 5.52 Å². The van der Waals surface area contributed by atoms with Gasteiger partial charge in [-0.2, -0.15) is 4.98 Å². The van der Waals surface area contributed by atoms with Crippen molar-refractivity contribution in [1.82, 2.24) is 14.5 Å². The van der Waals surface area contributed by atoms with Crippen LogP contribution in [0.3, 0.4) is 0 Å². The van der Waals surface area contributed by atoms with Crippen LogP contribution < -0.4 is 5.32 Å². The first-order valence-electron chi connectivity index (χ1n) is 11.7. The van der Waals surface area contributed by atoms with Gasteiger partial charge in [-0.1, -0.05) is 43.6 Å². The number of aromatic nitrogens is 3. The van der Waals surface area contributed by atoms with Crippen LogP contribution in [0.2, 0.25) is 0 Å². The van der Waals surface area contributed by atoms with E-state index in [4.69, 9.17) is 4.98 Å². The van der Waals surface area contributed by atoms with Crippen molar-refractivity contribution >= 4 is 16.9 Å². The van der Waals surface area contributed by atoms with E-state index in [9.17, 15) is 5.11 Å². The van der Waals surface area contributed by atoms with Crippen LogP contribution in [-0.2, 0) is 0 Å². The molecular weight excluding hydrogens is 384 g/mol. The first-order chi connectivity index (χ1) is 15.2. The molecule has 0 spiro atoms. The lowest BCUT2D eigenvalue weighted by Gasteiger charge is -2.26. The van der Waals surface area contributed by atoms with Crippen molar-refractivity contribution in [3.05, 3.63) is 48.3 Å². The summed E-state index contributed by atoms with van der Waals surface area (Å²) in [5.41, 5.74) is 1.15. The van der Waals surface area contributed by atoms with Crippen molar-refractivity contribution in [2.24, 2.45) is 0 Å². The molecule has 2 aliphatic carbocycles. The van der Waals surface area contributed by atoms with Crippen molar-refractivity contribution in [2.45, 2.75) is 75.9 Å². The van der Waals surface area contributed by atoms with E-state index in [1.165, 1.54) is 38.5 Å². The molecule has 1 aromatic carbocycles. The lowest BCUT2D eigenvalue weighted by molar-refractivity contribution is 0.0610. The summed E-state index contributed by atoms with van der Waals surface area (Å²) in [5, 5.41) is 15.4. The third kappa shape index (κ3) is 4.60. The third-order valence-corrected chi connectivity index (χ3v) is 6.64. The molecular formula is C26H30N4O. The smallest absolute Gasteiger partial charge is 0.224 e. The van der Waals surface area contributed by atoms with Gasteiger partial charge in [0.1, 0.15) is 11.4 Å². The number of nitrogens with one attached hydrogen (secondary N) is 1. The van der Waals surface area contributed by atoms with Gasteiger partial charge in [0, 0.05) is 29.4 Å². The van der Waals surface area contributed by atoms with E-state index in [1.54, 1.807) is 0 Å². The topological polar surface area (TPSA) is 63.0 Å². The summed E-state index contributed by atoms with van der Waals surface area (Å²) in [4.78, 5) is 9.23. The molecule has 5 heteroatoms. The monoisotopic (exact) mass is 414 g/mol. The average molecular weight is 415 g/mol. The lowest BCUT2D eigenvalue weighted by atomic mass is 9.85. The van der Waals surface area contributed by atoms with E-state index in [0.29, 0.717) is 12.0 Å². The summed E-state index contributed by atoms with van der Waals surface area (Å²) in [5.74, 6) is 7.91. The number of rotatable bonds is 3. The molecule has 2 heterocycles. The van der Waals surface area contributed by atoms with E-state index in [1.807, 2.05) is 24.5 Å². The highest BCUT2D eigenvalue weighted by Crippen LogP contribution is 2.28. The molecule has 0 aliphatic heterocycles. The predicted octanol–water partition coefficient (Wildman–Crippen LogP) is 5.21. The Balaban J connectivity index is 1.42. The van der Waals surface area contributed by atoms with Crippen molar-refractivity contribution in [2.75, 3.05) is 5.32 Å². The van der Waals surface area contributed by atoms with Crippen LogP contribution in [0.25, 0.3) is 16.7 Å². The minimum absolute atomic E-state index is 0.470. The zero-order valence-corrected chi connectivity index (χ0v) is 18.0. The summed E-state index contributed by atoms with van der Waals surface area (Å²) in [6.45, 7) is 0. The van der Waals surface area contributed by atoms with Crippen LogP contribution in [0.4, 0.5) is 5.95 Å². The summed E-state index contributed by atoms with van der Waals surface area (Å²) >= 11 is 0. The van der Waals surface area contributed by atoms with Gasteiger partial charge < -0.3 is 15.0 Å². The molecule has 31 heavy (non-hydrogen) atoms. The summed E-state index contributed by atoms with van der Waals surface area (Å²) < 4.78 is 2.09. The molecule has 2 N–H and O–H groups in total. The fraction of sp³-hybridized carbons (Fsp3) is 0.462. The molecule has 2 fully saturated rings. The second-order valence-corrected chi connectivity index (χ2v) is 9.02. The second-order valence-electron chi connectivity index (χ2n) is 9.02. The maximum Gasteiger partial charge on any atom is 0.224 e. The van der Waals surface area contributed by atoms with Gasteiger partial charge in [0.25, 0.3) is 0 Å². The quantitative estimate of drug-likeness (QED) is 0.578. The Morgan fingerprint density at radius 2 is 1.81 bits per heavy atom. The zero-order chi connectivity index (χ0) is 21.1. The minimum Gasteiger partial charge on any atom is -0.378 e. The Kier molecular flexibility index (Phi) is 5.65. The van der Waals surface area contributed by atoms with E-state index in [-0.39, 0.29) is 0 Å². The molecule has 0 bridgehead atoms. The second kappa shape index (κ2) is 8.72. The first kappa shape index (κ1) is 20.1. The van der Waals surface area contributed by atoms with Crippen molar-refractivity contribution < 1.29 is 5.11 Å². The molecule has 0 radical (unpaired) electrons. The number of fused-ring (bicyclic) bond motifs is 1. The van der Waals surface area contributed by atoms with Gasteiger partial charge >= 0.3 is 0 Å². The summed E-state index contributed by atoms with van der Waals surface area (Å²) in [6, 6.07) is 10.7. The Bertz CT molecular complexity index is 1110. The molecule has 3 aromatic rings. The highest BCUT2D eigenvalue weighted by Gasteiger charge is 2.26. The number of anilines is 1. The van der Waals surface area contributed by atoms with Crippen molar-refractivity contribution in [1.29, 1.82) is 0 Å². The largest absolute Gasteiger partial charge is 0.378 e. The van der Waals surface area contributed by atoms with E-state index >= 15 is 0 Å². The highest BCUT2D eigenvalue weighted by molar-refractivity contribution is 5.83. The first-order valence-corrected chi connectivity index (χ1v) is 11.7. The average Bonchev–Trinajstić information content (AvgIpc) is 3.23. The molecule has 0 saturated heterocycles. The molecule has 5 rings (SSSR count). The number of hydrogen-bond acceptors (Lipinski definition) is 4. The normalized spacial score (nSPS) is 19.0. The van der Waals surface area contributed by atoms with Crippen LogP contribution in [0.1, 0.15) is 69.8 Å². The fourth-order valence-electron chi connectivity index (χ4n) is 4.84. The minimum atomic E-state index is -0.832. The Morgan fingerprint density at radius 3 is 2.65 bits per heavy atom. The van der Waals surface area contributed by atoms with Gasteiger partial charge in [0.15, 0.2) is 0 Å². The predicted molar refractivity (Wildman–Crippen MR) is 124 cm³/mol. The standard InChI is InChI=1S/C26H30N4O/c31-26(14-5-2-6-15-26)16-11-20-9-10-21-13-18-30(23(21)19-20)24-12-17-27-25(29-24)28-22-7-3-1-4-8-22/h9-10,12-13,17-19,22,31H,1-8,14-15H2,(H,27,28,29). The van der Waals surface area contributed by atoms with Gasteiger partial charge in [-0.3, -0.25) is 0 Å². The van der Waals surface area contributed by atoms with Crippen molar-refractivity contribution in [3.8, 4) is 17.7 Å². The molecule has 2 aliphatic rings. The molecule has 0 amide bonds. The maximum absolute atomic E-state index is 10.7. The fourth-order valence-corrected chi connectivity index (χ4v) is 4.84. The number of hydrogen-bond donors (Lipinski definition) is 2. The van der Waals surface area contributed by atoms with Crippen molar-refractivity contribution in [3.63, 3.8) is 0 Å². The van der Waals surface area contributed by atoms with Gasteiger partial charge in [-0.05, 0) is 62.8 Å². The van der Waals surface area contributed by atoms with Crippen LogP contribution in [0.15, 0.2) is 42.7 Å². The summed E-state index contributed by atoms with van der Waals surface area (Å²) in [6.07, 6.45) is 15.0. The van der Waals surface area contributed by atoms with Gasteiger partial charge in [0.2, 0.25) is 5.95 Å². The van der Waals surface area contributed by atoms with E-state index < -0.39 is 5.60 Å². The zero-order valence-electron chi connectivity index (χ0n) is 18.0. The lowest BCUT2D eigenvalue weighted by Crippen LogP contribution is -2.29. The Labute approximate surface area is 183 Å². The van der Waals surface area contributed by atoms with E-state index in [0.717, 1.165) is 48.0 Å². The SMILES string of the molecule is OC1(C#Cc2ccc3ccn(-c4ccnc(NC5CCCCC5)n4)c3c2)CCCCC1. The molecule has 0 atom stereocenters. The highest BCUT2D eigenvalue weighted by atomic mass is 16.3. The number of aliphatic hydroxyl groups is 1. The maximum atomic E-state index is 10.7. The molecule has 0 unspecified atom stereocenters. The van der Waals surface area contributed by atoms with E-state index in [2.05, 4.69) is 44.9 Å². The molecule has 2 saturated carbocycles. The Hall–Kier alpha value is -2.84. The molecule has 5 nitrogen and oxygen atoms in total. The summed E-state index contributed by atoms with van der Waals surface area (Å²) in [7, 11) is 0.